The van der Waals surface area contributed by atoms with Crippen LogP contribution in [-0.2, 0) is 14.3 Å². The standard InChI is InChI=1S/C12H21N3O3/c1-12(7-13-8-12)18-6-10(16)14-9-3-4-11(17)15(2)5-9/h9,13H,3-8H2,1-2H3,(H,14,16). The highest BCUT2D eigenvalue weighted by atomic mass is 16.5. The van der Waals surface area contributed by atoms with Gasteiger partial charge in [0.15, 0.2) is 0 Å². The van der Waals surface area contributed by atoms with E-state index in [1.807, 2.05) is 6.92 Å². The highest BCUT2D eigenvalue weighted by Gasteiger charge is 2.33. The third-order valence-electron chi connectivity index (χ3n) is 3.54. The van der Waals surface area contributed by atoms with Gasteiger partial charge in [-0.2, -0.15) is 0 Å². The number of nitrogens with zero attached hydrogens (tertiary/aromatic N) is 1. The number of carbonyl (C=O) groups is 2. The second-order valence-electron chi connectivity index (χ2n) is 5.42. The van der Waals surface area contributed by atoms with Crippen molar-refractivity contribution in [2.24, 2.45) is 0 Å². The number of hydrogen-bond acceptors (Lipinski definition) is 4. The van der Waals surface area contributed by atoms with Crippen molar-refractivity contribution >= 4 is 11.8 Å². The first-order valence-electron chi connectivity index (χ1n) is 6.36. The zero-order valence-electron chi connectivity index (χ0n) is 11.0. The van der Waals surface area contributed by atoms with Crippen molar-refractivity contribution < 1.29 is 14.3 Å². The molecule has 2 rings (SSSR count). The van der Waals surface area contributed by atoms with Crippen LogP contribution in [0, 0.1) is 0 Å². The molecule has 0 aromatic heterocycles. The van der Waals surface area contributed by atoms with E-state index in [0.29, 0.717) is 19.4 Å². The van der Waals surface area contributed by atoms with E-state index in [-0.39, 0.29) is 30.1 Å². The molecule has 0 aliphatic carbocycles. The van der Waals surface area contributed by atoms with Crippen LogP contribution in [0.3, 0.4) is 0 Å². The Morgan fingerprint density at radius 2 is 2.33 bits per heavy atom. The van der Waals surface area contributed by atoms with Gasteiger partial charge in [-0.05, 0) is 13.3 Å². The first-order chi connectivity index (χ1) is 8.48. The van der Waals surface area contributed by atoms with Crippen LogP contribution in [0.4, 0.5) is 0 Å². The van der Waals surface area contributed by atoms with Crippen molar-refractivity contribution in [2.75, 3.05) is 33.3 Å². The SMILES string of the molecule is CN1CC(NC(=O)COC2(C)CNC2)CCC1=O. The minimum Gasteiger partial charge on any atom is -0.363 e. The molecule has 6 heteroatoms. The smallest absolute Gasteiger partial charge is 0.246 e. The van der Waals surface area contributed by atoms with Crippen molar-refractivity contribution in [3.63, 3.8) is 0 Å². The molecular formula is C12H21N3O3. The normalized spacial score (nSPS) is 26.7. The molecule has 2 amide bonds. The van der Waals surface area contributed by atoms with E-state index >= 15 is 0 Å². The molecule has 2 heterocycles. The van der Waals surface area contributed by atoms with Crippen LogP contribution in [-0.4, -0.2) is 61.6 Å². The molecule has 2 saturated heterocycles. The van der Waals surface area contributed by atoms with Gasteiger partial charge in [0.1, 0.15) is 6.61 Å². The Kier molecular flexibility index (Phi) is 3.87. The molecule has 2 aliphatic rings. The lowest BCUT2D eigenvalue weighted by Crippen LogP contribution is -2.60. The molecular weight excluding hydrogens is 234 g/mol. The van der Waals surface area contributed by atoms with Gasteiger partial charge in [-0.1, -0.05) is 0 Å². The first kappa shape index (κ1) is 13.3. The Labute approximate surface area is 107 Å². The number of hydrogen-bond donors (Lipinski definition) is 2. The van der Waals surface area contributed by atoms with Crippen molar-refractivity contribution in [3.05, 3.63) is 0 Å². The summed E-state index contributed by atoms with van der Waals surface area (Å²) in [6, 6.07) is 0.0520. The molecule has 2 fully saturated rings. The monoisotopic (exact) mass is 255 g/mol. The van der Waals surface area contributed by atoms with Gasteiger partial charge in [0.05, 0.1) is 5.60 Å². The zero-order valence-corrected chi connectivity index (χ0v) is 11.0. The van der Waals surface area contributed by atoms with Crippen molar-refractivity contribution in [1.82, 2.24) is 15.5 Å². The first-order valence-corrected chi connectivity index (χ1v) is 6.36. The van der Waals surface area contributed by atoms with E-state index < -0.39 is 0 Å². The molecule has 102 valence electrons. The number of ether oxygens (including phenoxy) is 1. The fourth-order valence-electron chi connectivity index (χ4n) is 2.22. The summed E-state index contributed by atoms with van der Waals surface area (Å²) in [6.07, 6.45) is 1.22. The number of nitrogens with one attached hydrogen (secondary N) is 2. The molecule has 6 nitrogen and oxygen atoms in total. The molecule has 1 unspecified atom stereocenters. The minimum atomic E-state index is -0.198. The Morgan fingerprint density at radius 3 is 2.89 bits per heavy atom. The van der Waals surface area contributed by atoms with Crippen molar-refractivity contribution in [2.45, 2.75) is 31.4 Å². The third kappa shape index (κ3) is 3.20. The summed E-state index contributed by atoms with van der Waals surface area (Å²) in [5.74, 6) is 0.0423. The maximum absolute atomic E-state index is 11.7. The summed E-state index contributed by atoms with van der Waals surface area (Å²) in [6.45, 7) is 4.25. The number of carbonyl (C=O) groups excluding carboxylic acids is 2. The largest absolute Gasteiger partial charge is 0.363 e. The predicted molar refractivity (Wildman–Crippen MR) is 66.0 cm³/mol. The molecule has 2 aliphatic heterocycles. The van der Waals surface area contributed by atoms with E-state index in [1.165, 1.54) is 0 Å². The van der Waals surface area contributed by atoms with Gasteiger partial charge in [0, 0.05) is 39.1 Å². The van der Waals surface area contributed by atoms with Gasteiger partial charge in [0.2, 0.25) is 11.8 Å². The van der Waals surface area contributed by atoms with E-state index in [0.717, 1.165) is 13.1 Å². The molecule has 0 aromatic carbocycles. The number of likely N-dealkylation sites (tertiary alicyclic amines) is 1. The van der Waals surface area contributed by atoms with Crippen LogP contribution in [0.5, 0.6) is 0 Å². The molecule has 0 spiro atoms. The molecule has 18 heavy (non-hydrogen) atoms. The number of rotatable bonds is 4. The fourth-order valence-corrected chi connectivity index (χ4v) is 2.22. The van der Waals surface area contributed by atoms with Gasteiger partial charge >= 0.3 is 0 Å². The van der Waals surface area contributed by atoms with Gasteiger partial charge in [0.25, 0.3) is 0 Å². The van der Waals surface area contributed by atoms with Crippen LogP contribution in [0.25, 0.3) is 0 Å². The summed E-state index contributed by atoms with van der Waals surface area (Å²) in [7, 11) is 1.76. The Balaban J connectivity index is 1.69. The van der Waals surface area contributed by atoms with Crippen molar-refractivity contribution in [3.8, 4) is 0 Å². The van der Waals surface area contributed by atoms with Crippen molar-refractivity contribution in [1.29, 1.82) is 0 Å². The average Bonchev–Trinajstić information content (AvgIpc) is 2.29. The number of piperidine rings is 1. The lowest BCUT2D eigenvalue weighted by atomic mass is 10.0. The Bertz CT molecular complexity index is 341. The van der Waals surface area contributed by atoms with Gasteiger partial charge in [-0.3, -0.25) is 9.59 Å². The minimum absolute atomic E-state index is 0.0520. The molecule has 0 bridgehead atoms. The van der Waals surface area contributed by atoms with E-state index in [1.54, 1.807) is 11.9 Å². The molecule has 0 aromatic rings. The zero-order chi connectivity index (χ0) is 13.2. The van der Waals surface area contributed by atoms with Gasteiger partial charge in [-0.15, -0.1) is 0 Å². The summed E-state index contributed by atoms with van der Waals surface area (Å²) >= 11 is 0. The molecule has 2 N–H and O–H groups in total. The molecule has 0 radical (unpaired) electrons. The third-order valence-corrected chi connectivity index (χ3v) is 3.54. The lowest BCUT2D eigenvalue weighted by Gasteiger charge is -2.39. The van der Waals surface area contributed by atoms with E-state index in [2.05, 4.69) is 10.6 Å². The summed E-state index contributed by atoms with van der Waals surface area (Å²) in [5.41, 5.74) is -0.198. The highest BCUT2D eigenvalue weighted by molar-refractivity contribution is 5.79. The second kappa shape index (κ2) is 5.24. The van der Waals surface area contributed by atoms with Crippen LogP contribution >= 0.6 is 0 Å². The maximum atomic E-state index is 11.7. The fraction of sp³-hybridized carbons (Fsp3) is 0.833. The van der Waals surface area contributed by atoms with Crippen LogP contribution in [0.2, 0.25) is 0 Å². The quantitative estimate of drug-likeness (QED) is 0.683. The van der Waals surface area contributed by atoms with Crippen LogP contribution in [0.15, 0.2) is 0 Å². The summed E-state index contributed by atoms with van der Waals surface area (Å²) in [4.78, 5) is 24.7. The maximum Gasteiger partial charge on any atom is 0.246 e. The number of amides is 2. The van der Waals surface area contributed by atoms with E-state index in [9.17, 15) is 9.59 Å². The summed E-state index contributed by atoms with van der Waals surface area (Å²) < 4.78 is 5.56. The second-order valence-corrected chi connectivity index (χ2v) is 5.42. The predicted octanol–water partition coefficient (Wildman–Crippen LogP) is -0.898. The highest BCUT2D eigenvalue weighted by Crippen LogP contribution is 2.15. The lowest BCUT2D eigenvalue weighted by molar-refractivity contribution is -0.139. The Hall–Kier alpha value is -1.14. The molecule has 1 atom stereocenters. The van der Waals surface area contributed by atoms with Gasteiger partial charge < -0.3 is 20.3 Å². The van der Waals surface area contributed by atoms with E-state index in [4.69, 9.17) is 4.74 Å². The summed E-state index contributed by atoms with van der Waals surface area (Å²) in [5, 5.41) is 6.03. The van der Waals surface area contributed by atoms with Crippen LogP contribution < -0.4 is 10.6 Å². The molecule has 0 saturated carbocycles. The number of likely N-dealkylation sites (N-methyl/N-ethyl adjacent to an activating group) is 1. The van der Waals surface area contributed by atoms with Crippen LogP contribution in [0.1, 0.15) is 19.8 Å². The average molecular weight is 255 g/mol. The van der Waals surface area contributed by atoms with Gasteiger partial charge in [-0.25, -0.2) is 0 Å². The Morgan fingerprint density at radius 1 is 1.61 bits per heavy atom. The topological polar surface area (TPSA) is 70.7 Å².